The lowest BCUT2D eigenvalue weighted by molar-refractivity contribution is 0.0978. The van der Waals surface area contributed by atoms with Gasteiger partial charge >= 0.3 is 0 Å². The summed E-state index contributed by atoms with van der Waals surface area (Å²) < 4.78 is 14.2. The molecule has 2 aromatic rings. The number of hydrogen-bond donors (Lipinski definition) is 0. The number of Topliss-reactive ketones (excluding diaryl/α,β-unsaturated/α-hetero) is 1. The third kappa shape index (κ3) is 2.79. The zero-order valence-electron chi connectivity index (χ0n) is 9.36. The molecule has 0 saturated heterocycles. The van der Waals surface area contributed by atoms with Crippen LogP contribution in [-0.4, -0.2) is 5.78 Å². The molecule has 0 saturated carbocycles. The molecule has 0 bridgehead atoms. The van der Waals surface area contributed by atoms with Gasteiger partial charge < -0.3 is 0 Å². The van der Waals surface area contributed by atoms with Crippen LogP contribution in [0.3, 0.4) is 0 Å². The summed E-state index contributed by atoms with van der Waals surface area (Å²) >= 11 is 12.7. The normalized spacial score (nSPS) is 11.9. The number of ketones is 1. The molecule has 0 fully saturated rings. The zero-order chi connectivity index (χ0) is 14.0. The summed E-state index contributed by atoms with van der Waals surface area (Å²) in [6.45, 7) is 0. The minimum Gasteiger partial charge on any atom is -0.292 e. The Bertz CT molecular complexity index is 678. The lowest BCUT2D eigenvalue weighted by Gasteiger charge is -2.08. The van der Waals surface area contributed by atoms with Crippen LogP contribution in [0.5, 0.6) is 0 Å². The number of halogens is 3. The largest absolute Gasteiger partial charge is 0.292 e. The highest BCUT2D eigenvalue weighted by Gasteiger charge is 2.27. The van der Waals surface area contributed by atoms with E-state index in [1.165, 1.54) is 24.3 Å². The third-order valence-electron chi connectivity index (χ3n) is 2.53. The van der Waals surface area contributed by atoms with Gasteiger partial charge in [-0.1, -0.05) is 41.4 Å². The summed E-state index contributed by atoms with van der Waals surface area (Å²) in [5, 5.41) is 9.12. The lowest BCUT2D eigenvalue weighted by Crippen LogP contribution is -2.12. The molecule has 1 aromatic heterocycles. The number of benzene rings is 1. The fourth-order valence-electron chi connectivity index (χ4n) is 1.64. The van der Waals surface area contributed by atoms with Gasteiger partial charge in [-0.15, -0.1) is 11.3 Å². The van der Waals surface area contributed by atoms with Crippen LogP contribution in [0, 0.1) is 17.1 Å². The summed E-state index contributed by atoms with van der Waals surface area (Å²) in [5.74, 6) is -2.38. The molecule has 1 atom stereocenters. The molecule has 0 amide bonds. The molecule has 1 aromatic carbocycles. The molecule has 2 rings (SSSR count). The highest BCUT2D eigenvalue weighted by atomic mass is 35.5. The van der Waals surface area contributed by atoms with Crippen LogP contribution < -0.4 is 0 Å². The zero-order valence-corrected chi connectivity index (χ0v) is 11.7. The van der Waals surface area contributed by atoms with Crippen molar-refractivity contribution in [2.45, 2.75) is 5.92 Å². The molecular weight excluding hydrogens is 308 g/mol. The number of nitrogens with zero attached hydrogens (tertiary/aromatic N) is 1. The maximum atomic E-state index is 13.6. The Morgan fingerprint density at radius 2 is 2.05 bits per heavy atom. The number of rotatable bonds is 3. The van der Waals surface area contributed by atoms with E-state index in [4.69, 9.17) is 28.5 Å². The Morgan fingerprint density at radius 1 is 1.37 bits per heavy atom. The second-order valence-corrected chi connectivity index (χ2v) is 5.97. The van der Waals surface area contributed by atoms with Crippen molar-refractivity contribution in [1.29, 1.82) is 5.26 Å². The summed E-state index contributed by atoms with van der Waals surface area (Å²) in [5.41, 5.74) is 0.180. The molecule has 0 aliphatic heterocycles. The summed E-state index contributed by atoms with van der Waals surface area (Å²) in [6.07, 6.45) is 0. The second-order valence-electron chi connectivity index (χ2n) is 3.69. The minimum atomic E-state index is -1.23. The van der Waals surface area contributed by atoms with Gasteiger partial charge in [-0.25, -0.2) is 4.39 Å². The van der Waals surface area contributed by atoms with E-state index in [0.717, 1.165) is 11.3 Å². The molecule has 96 valence electrons. The first-order chi connectivity index (χ1) is 9.04. The number of carbonyl (C=O) groups excluding carboxylic acids is 1. The molecule has 0 aliphatic rings. The Balaban J connectivity index is 2.44. The lowest BCUT2D eigenvalue weighted by atomic mass is 9.93. The number of thiophene rings is 1. The van der Waals surface area contributed by atoms with E-state index in [1.54, 1.807) is 6.07 Å². The van der Waals surface area contributed by atoms with E-state index >= 15 is 0 Å². The molecular formula is C13H6Cl2FNOS. The summed E-state index contributed by atoms with van der Waals surface area (Å²) in [7, 11) is 0. The van der Waals surface area contributed by atoms with Gasteiger partial charge in [-0.2, -0.15) is 5.26 Å². The van der Waals surface area contributed by atoms with Crippen molar-refractivity contribution in [3.05, 3.63) is 55.9 Å². The highest BCUT2D eigenvalue weighted by molar-refractivity contribution is 7.20. The van der Waals surface area contributed by atoms with Gasteiger partial charge in [0.1, 0.15) is 16.1 Å². The van der Waals surface area contributed by atoms with E-state index < -0.39 is 17.5 Å². The van der Waals surface area contributed by atoms with Crippen LogP contribution >= 0.6 is 34.5 Å². The van der Waals surface area contributed by atoms with Gasteiger partial charge in [-0.3, -0.25) is 4.79 Å². The SMILES string of the molecule is N#CC(C(=O)c1cc(Cl)sc1Cl)c1ccccc1F. The smallest absolute Gasteiger partial charge is 0.186 e. The molecule has 2 nitrogen and oxygen atoms in total. The van der Waals surface area contributed by atoms with Crippen molar-refractivity contribution in [3.63, 3.8) is 0 Å². The maximum absolute atomic E-state index is 13.6. The van der Waals surface area contributed by atoms with E-state index in [0.29, 0.717) is 4.34 Å². The monoisotopic (exact) mass is 313 g/mol. The van der Waals surface area contributed by atoms with Crippen LogP contribution in [-0.2, 0) is 0 Å². The van der Waals surface area contributed by atoms with Crippen LogP contribution in [0.1, 0.15) is 21.8 Å². The van der Waals surface area contributed by atoms with Gasteiger partial charge in [-0.05, 0) is 12.1 Å². The third-order valence-corrected chi connectivity index (χ3v) is 4.02. The fraction of sp³-hybridized carbons (Fsp3) is 0.0769. The van der Waals surface area contributed by atoms with Gasteiger partial charge in [0.15, 0.2) is 5.78 Å². The van der Waals surface area contributed by atoms with Gasteiger partial charge in [0.2, 0.25) is 0 Å². The van der Waals surface area contributed by atoms with Crippen molar-refractivity contribution in [1.82, 2.24) is 0 Å². The first-order valence-corrected chi connectivity index (χ1v) is 6.75. The molecule has 0 spiro atoms. The van der Waals surface area contributed by atoms with Crippen LogP contribution in [0.15, 0.2) is 30.3 Å². The molecule has 1 heterocycles. The molecule has 6 heteroatoms. The molecule has 0 N–H and O–H groups in total. The average molecular weight is 314 g/mol. The van der Waals surface area contributed by atoms with Gasteiger partial charge in [0.05, 0.1) is 16.0 Å². The van der Waals surface area contributed by atoms with Crippen molar-refractivity contribution in [2.24, 2.45) is 0 Å². The molecule has 1 unspecified atom stereocenters. The topological polar surface area (TPSA) is 40.9 Å². The predicted octanol–water partition coefficient (Wildman–Crippen LogP) is 4.68. The van der Waals surface area contributed by atoms with E-state index in [2.05, 4.69) is 0 Å². The second kappa shape index (κ2) is 5.70. The van der Waals surface area contributed by atoms with E-state index in [1.807, 2.05) is 6.07 Å². The number of carbonyl (C=O) groups is 1. The van der Waals surface area contributed by atoms with E-state index in [-0.39, 0.29) is 15.5 Å². The number of nitriles is 1. The van der Waals surface area contributed by atoms with Gasteiger partial charge in [0.25, 0.3) is 0 Å². The Hall–Kier alpha value is -1.41. The standard InChI is InChI=1S/C13H6Cl2FNOS/c14-11-5-8(13(15)19-11)12(18)9(6-17)7-3-1-2-4-10(7)16/h1-5,9H. The summed E-state index contributed by atoms with van der Waals surface area (Å²) in [6, 6.07) is 8.87. The van der Waals surface area contributed by atoms with Crippen LogP contribution in [0.2, 0.25) is 8.67 Å². The van der Waals surface area contributed by atoms with Crippen molar-refractivity contribution < 1.29 is 9.18 Å². The number of hydrogen-bond acceptors (Lipinski definition) is 3. The Labute approximate surface area is 123 Å². The maximum Gasteiger partial charge on any atom is 0.186 e. The summed E-state index contributed by atoms with van der Waals surface area (Å²) in [4.78, 5) is 12.2. The quantitative estimate of drug-likeness (QED) is 0.772. The van der Waals surface area contributed by atoms with Crippen molar-refractivity contribution in [2.75, 3.05) is 0 Å². The first-order valence-electron chi connectivity index (χ1n) is 5.17. The minimum absolute atomic E-state index is 0.0355. The Kier molecular flexibility index (Phi) is 4.20. The Morgan fingerprint density at radius 3 is 2.58 bits per heavy atom. The van der Waals surface area contributed by atoms with Crippen LogP contribution in [0.25, 0.3) is 0 Å². The highest BCUT2D eigenvalue weighted by Crippen LogP contribution is 2.34. The van der Waals surface area contributed by atoms with E-state index in [9.17, 15) is 9.18 Å². The van der Waals surface area contributed by atoms with Gasteiger partial charge in [0, 0.05) is 5.56 Å². The first kappa shape index (κ1) is 14.0. The fourth-order valence-corrected chi connectivity index (χ4v) is 3.12. The predicted molar refractivity (Wildman–Crippen MR) is 73.4 cm³/mol. The van der Waals surface area contributed by atoms with Crippen molar-refractivity contribution >= 4 is 40.3 Å². The van der Waals surface area contributed by atoms with Crippen LogP contribution in [0.4, 0.5) is 4.39 Å². The molecule has 19 heavy (non-hydrogen) atoms. The molecule has 0 aliphatic carbocycles. The average Bonchev–Trinajstić information content (AvgIpc) is 2.71. The molecule has 0 radical (unpaired) electrons. The van der Waals surface area contributed by atoms with Crippen molar-refractivity contribution in [3.8, 4) is 6.07 Å².